The number of pyridine rings is 1. The van der Waals surface area contributed by atoms with Crippen LogP contribution in [0.25, 0.3) is 22.1 Å². The minimum absolute atomic E-state index is 0.00913. The largest absolute Gasteiger partial charge is 0.492 e. The van der Waals surface area contributed by atoms with Crippen LogP contribution in [-0.4, -0.2) is 160 Å². The van der Waals surface area contributed by atoms with Gasteiger partial charge in [0.25, 0.3) is 0 Å². The van der Waals surface area contributed by atoms with Crippen molar-refractivity contribution in [3.05, 3.63) is 46.5 Å². The highest BCUT2D eigenvalue weighted by Gasteiger charge is 2.50. The molecular weight excluding hydrogens is 1070 g/mol. The summed E-state index contributed by atoms with van der Waals surface area (Å²) in [5, 5.41) is 29.4. The summed E-state index contributed by atoms with van der Waals surface area (Å²) >= 11 is 0.774. The molecule has 2 aliphatic heterocycles. The number of imidazole rings is 1. The number of phosphoric acid groups is 3. The third-order valence-corrected chi connectivity index (χ3v) is 16.0. The second-order valence-electron chi connectivity index (χ2n) is 18.2. The van der Waals surface area contributed by atoms with E-state index >= 15 is 4.39 Å². The van der Waals surface area contributed by atoms with Gasteiger partial charge in [-0.25, -0.2) is 33.0 Å². The highest BCUT2D eigenvalue weighted by atomic mass is 32.2. The van der Waals surface area contributed by atoms with Crippen molar-refractivity contribution in [2.24, 2.45) is 5.41 Å². The monoisotopic (exact) mass is 1120 g/mol. The van der Waals surface area contributed by atoms with Crippen molar-refractivity contribution in [1.82, 2.24) is 40.0 Å². The highest BCUT2D eigenvalue weighted by Crippen LogP contribution is 2.61. The number of aromatic nitrogens is 5. The van der Waals surface area contributed by atoms with Gasteiger partial charge in [-0.15, -0.1) is 0 Å². The second kappa shape index (κ2) is 23.0. The first-order chi connectivity index (χ1) is 34.7. The molecule has 3 aliphatic rings. The van der Waals surface area contributed by atoms with Gasteiger partial charge in [0.15, 0.2) is 29.3 Å². The summed E-state index contributed by atoms with van der Waals surface area (Å²) in [4.78, 5) is 106. The van der Waals surface area contributed by atoms with Gasteiger partial charge in [0, 0.05) is 68.6 Å². The Morgan fingerprint density at radius 3 is 2.46 bits per heavy atom. The lowest BCUT2D eigenvalue weighted by atomic mass is 9.87. The van der Waals surface area contributed by atoms with E-state index in [1.54, 1.807) is 4.57 Å². The van der Waals surface area contributed by atoms with Crippen molar-refractivity contribution in [2.75, 3.05) is 69.4 Å². The average molecular weight is 1120 g/mol. The van der Waals surface area contributed by atoms with Gasteiger partial charge >= 0.3 is 23.5 Å². The number of methoxy groups -OCH3 is 1. The first-order valence-electron chi connectivity index (χ1n) is 22.7. The lowest BCUT2D eigenvalue weighted by molar-refractivity contribution is -0.137. The minimum Gasteiger partial charge on any atom is -0.492 e. The molecule has 1 aromatic carbocycles. The molecule has 29 nitrogen and oxygen atoms in total. The Balaban J connectivity index is 0.852. The van der Waals surface area contributed by atoms with Crippen molar-refractivity contribution in [3.8, 4) is 5.75 Å². The number of carbonyl (C=O) groups is 3. The van der Waals surface area contributed by atoms with Crippen LogP contribution in [0.4, 0.5) is 15.9 Å². The standard InChI is InChI=1S/C40H56FN10O19P3S/c1-20-14-49(11-9-43-20)29-24(41)13-22-28(33(29)65-4)50(21-5-6-21)15-23(30(22)53)39(57)74-12-10-44-26(52)7-8-45-37(56)34(55)40(2,3)17-67-73(63,64)70-72(61,62)66-16-25-32(69-71(58,59)60)31(54)38(68-25)51-19-48-27-35(42)46-18-47-36(27)51/h13,15,18-21,25,31-32,34,38,43,54-55H,5-12,14,16-17H2,1-4H3,(H,44,52)(H,45,56)(H,61,62)(H,63,64)(H2,42,46,47)(H2,58,59,60). The molecular formula is C40H56FN10O19P3S. The lowest BCUT2D eigenvalue weighted by Crippen LogP contribution is -2.49. The number of fused-ring (bicyclic) bond motifs is 2. The summed E-state index contributed by atoms with van der Waals surface area (Å²) in [6, 6.07) is 1.22. The molecule has 74 heavy (non-hydrogen) atoms. The molecule has 0 bridgehead atoms. The van der Waals surface area contributed by atoms with Crippen LogP contribution >= 0.6 is 35.2 Å². The fourth-order valence-electron chi connectivity index (χ4n) is 8.20. The summed E-state index contributed by atoms with van der Waals surface area (Å²) in [6.45, 7) is 3.69. The summed E-state index contributed by atoms with van der Waals surface area (Å²) in [5.74, 6) is -2.04. The molecule has 8 atom stereocenters. The molecule has 1 aliphatic carbocycles. The number of hydrogen-bond donors (Lipinski definition) is 10. The number of hydrogen-bond acceptors (Lipinski definition) is 22. The van der Waals surface area contributed by atoms with Crippen LogP contribution in [0.2, 0.25) is 0 Å². The van der Waals surface area contributed by atoms with Gasteiger partial charge in [-0.2, -0.15) is 4.31 Å². The molecule has 3 aromatic heterocycles. The molecule has 34 heteroatoms. The molecule has 3 fully saturated rings. The molecule has 2 amide bonds. The number of nitrogens with zero attached hydrogens (tertiary/aromatic N) is 6. The number of ether oxygens (including phenoxy) is 2. The summed E-state index contributed by atoms with van der Waals surface area (Å²) < 4.78 is 86.0. The van der Waals surface area contributed by atoms with Crippen molar-refractivity contribution >= 4 is 85.7 Å². The molecule has 11 N–H and O–H groups in total. The number of anilines is 2. The Morgan fingerprint density at radius 1 is 1.07 bits per heavy atom. The van der Waals surface area contributed by atoms with Gasteiger partial charge in [-0.1, -0.05) is 25.6 Å². The summed E-state index contributed by atoms with van der Waals surface area (Å²) in [5.41, 5.74) is 4.03. The lowest BCUT2D eigenvalue weighted by Gasteiger charge is -2.35. The van der Waals surface area contributed by atoms with E-state index in [9.17, 15) is 62.7 Å². The Bertz CT molecular complexity index is 2980. The van der Waals surface area contributed by atoms with Gasteiger partial charge < -0.3 is 70.4 Å². The molecule has 0 spiro atoms. The molecule has 5 heterocycles. The number of aliphatic hydroxyl groups is 2. The topological polar surface area (TPSA) is 410 Å². The van der Waals surface area contributed by atoms with Crippen molar-refractivity contribution in [3.63, 3.8) is 0 Å². The second-order valence-corrected chi connectivity index (χ2v) is 23.5. The number of piperazine rings is 1. The average Bonchev–Trinajstić information content (AvgIpc) is 4.01. The van der Waals surface area contributed by atoms with Crippen LogP contribution in [0.5, 0.6) is 5.75 Å². The molecule has 2 saturated heterocycles. The van der Waals surface area contributed by atoms with Crippen molar-refractivity contribution in [1.29, 1.82) is 0 Å². The number of nitrogens with one attached hydrogen (secondary N) is 3. The molecule has 8 unspecified atom stereocenters. The molecule has 4 aromatic rings. The number of nitrogen functional groups attached to an aromatic ring is 1. The number of thioether (sulfide) groups is 1. The minimum atomic E-state index is -5.63. The van der Waals surface area contributed by atoms with E-state index in [2.05, 4.69) is 39.7 Å². The molecule has 7 rings (SSSR count). The predicted octanol–water partition coefficient (Wildman–Crippen LogP) is 0.574. The number of nitrogens with two attached hydrogens (primary N) is 1. The fourth-order valence-corrected chi connectivity index (χ4v) is 11.7. The van der Waals surface area contributed by atoms with Gasteiger partial charge in [0.1, 0.15) is 41.9 Å². The summed E-state index contributed by atoms with van der Waals surface area (Å²) in [6.07, 6.45) is -4.18. The van der Waals surface area contributed by atoms with E-state index in [-0.39, 0.29) is 76.7 Å². The van der Waals surface area contributed by atoms with Gasteiger partial charge in [0.2, 0.25) is 22.4 Å². The zero-order valence-corrected chi connectivity index (χ0v) is 43.5. The Kier molecular flexibility index (Phi) is 17.8. The third-order valence-electron chi connectivity index (χ3n) is 12.0. The van der Waals surface area contributed by atoms with Crippen LogP contribution in [0.15, 0.2) is 29.7 Å². The van der Waals surface area contributed by atoms with E-state index in [0.29, 0.717) is 25.2 Å². The van der Waals surface area contributed by atoms with E-state index in [4.69, 9.17) is 24.3 Å². The number of halogens is 1. The molecule has 0 radical (unpaired) electrons. The zero-order chi connectivity index (χ0) is 54.1. The number of phosphoric ester groups is 3. The highest BCUT2D eigenvalue weighted by molar-refractivity contribution is 8.14. The van der Waals surface area contributed by atoms with Gasteiger partial charge in [0.05, 0.1) is 43.1 Å². The normalized spacial score (nSPS) is 22.6. The number of aliphatic hydroxyl groups excluding tert-OH is 2. The quantitative estimate of drug-likeness (QED) is 0.0358. The molecule has 408 valence electrons. The van der Waals surface area contributed by atoms with E-state index in [0.717, 1.165) is 47.9 Å². The Labute approximate surface area is 424 Å². The number of amides is 2. The van der Waals surface area contributed by atoms with Crippen LogP contribution < -0.4 is 36.7 Å². The number of rotatable bonds is 23. The van der Waals surface area contributed by atoms with E-state index < -0.39 is 101 Å². The van der Waals surface area contributed by atoms with E-state index in [1.807, 2.05) is 11.8 Å². The number of carbonyl (C=O) groups excluding carboxylic acids is 3. The smallest absolute Gasteiger partial charge is 0.481 e. The van der Waals surface area contributed by atoms with Crippen LogP contribution in [0, 0.1) is 11.2 Å². The zero-order valence-electron chi connectivity index (χ0n) is 40.0. The molecule has 1 saturated carbocycles. The first-order valence-corrected chi connectivity index (χ1v) is 28.2. The number of benzene rings is 1. The van der Waals surface area contributed by atoms with Crippen molar-refractivity contribution in [2.45, 2.75) is 82.8 Å². The van der Waals surface area contributed by atoms with Crippen LogP contribution in [0.3, 0.4) is 0 Å². The van der Waals surface area contributed by atoms with Crippen LogP contribution in [0.1, 0.15) is 62.7 Å². The maximum atomic E-state index is 15.8. The van der Waals surface area contributed by atoms with Gasteiger partial charge in [-0.05, 0) is 25.8 Å². The Hall–Kier alpha value is -4.52. The van der Waals surface area contributed by atoms with E-state index in [1.165, 1.54) is 27.2 Å². The van der Waals surface area contributed by atoms with Crippen molar-refractivity contribution < 1.29 is 89.6 Å². The summed E-state index contributed by atoms with van der Waals surface area (Å²) in [7, 11) is -15.1. The fraction of sp³-hybridized carbons (Fsp3) is 0.575. The third kappa shape index (κ3) is 13.5. The Morgan fingerprint density at radius 2 is 1.78 bits per heavy atom. The SMILES string of the molecule is COc1c(N2CCNC(C)C2)c(F)cc2c(=O)c(C(=O)SCCNC(=O)CCNC(=O)C(O)C(C)(C)COP(=O)(O)OP(=O)(O)OCC3OC(n4cnc5c(N)ncnc54)C(O)C3OP(=O)(O)O)cn(C3CC3)c12. The first kappa shape index (κ1) is 57.2. The maximum Gasteiger partial charge on any atom is 0.481 e. The van der Waals surface area contributed by atoms with Gasteiger partial charge in [-0.3, -0.25) is 37.3 Å². The predicted molar refractivity (Wildman–Crippen MR) is 259 cm³/mol. The maximum absolute atomic E-state index is 15.8. The van der Waals surface area contributed by atoms with Crippen LogP contribution in [-0.2, 0) is 45.9 Å².